The number of rotatable bonds is 0. The molecule has 0 bridgehead atoms. The number of halogens is 1. The third kappa shape index (κ3) is 88.8. The summed E-state index contributed by atoms with van der Waals surface area (Å²) in [5.41, 5.74) is 0. The van der Waals surface area contributed by atoms with Gasteiger partial charge in [-0.25, -0.2) is 4.20 Å². The maximum atomic E-state index is 10.1. The number of hydrogen-bond acceptors (Lipinski definition) is 3. The van der Waals surface area contributed by atoms with Gasteiger partial charge in [-0.05, 0) is 0 Å². The van der Waals surface area contributed by atoms with Crippen LogP contribution in [0, 0.1) is 0 Å². The molecule has 0 N–H and O–H groups in total. The van der Waals surface area contributed by atoms with Gasteiger partial charge in [0.15, 0.2) is 0 Å². The summed E-state index contributed by atoms with van der Waals surface area (Å²) in [4.78, 5) is 16.9. The molecule has 0 fully saturated rings. The molecular weight excluding hydrogens is 172 g/mol. The maximum absolute atomic E-state index is 10.1. The van der Waals surface area contributed by atoms with Crippen molar-refractivity contribution in [3.8, 4) is 0 Å². The Balaban J connectivity index is -0.0000000800. The van der Waals surface area contributed by atoms with E-state index in [-0.39, 0.29) is 48.1 Å². The average Bonchev–Trinajstić information content (AvgIpc) is 0.722. The van der Waals surface area contributed by atoms with Crippen LogP contribution in [-0.2, 0) is 23.1 Å². The van der Waals surface area contributed by atoms with Gasteiger partial charge in [0.2, 0.25) is 0 Å². The molecule has 7 heavy (non-hydrogen) atoms. The van der Waals surface area contributed by atoms with Crippen molar-refractivity contribution < 1.29 is 66.7 Å². The topological polar surface area (TPSA) is 63.2 Å². The van der Waals surface area contributed by atoms with E-state index in [0.29, 0.717) is 0 Å². The molecule has 0 aliphatic heterocycles. The summed E-state index contributed by atoms with van der Waals surface area (Å²) in [6, 6.07) is 0. The van der Waals surface area contributed by atoms with E-state index in [1.165, 1.54) is 0 Å². The Kier molecular flexibility index (Phi) is 13.1. The Morgan fingerprint density at radius 3 is 1.43 bits per heavy atom. The van der Waals surface area contributed by atoms with Gasteiger partial charge in [-0.3, -0.25) is 0 Å². The molecule has 1 radical (unpaired) electrons. The molecule has 0 aromatic carbocycles. The zero-order valence-electron chi connectivity index (χ0n) is 3.50. The molecular formula is FNaO3PV-. The van der Waals surface area contributed by atoms with E-state index < -0.39 is 7.91 Å². The molecule has 0 aliphatic carbocycles. The fraction of sp³-hybridized carbons (Fsp3) is 0. The second kappa shape index (κ2) is 5.79. The van der Waals surface area contributed by atoms with Gasteiger partial charge >= 0.3 is 29.6 Å². The van der Waals surface area contributed by atoms with Crippen molar-refractivity contribution in [2.24, 2.45) is 0 Å². The minimum absolute atomic E-state index is 0. The van der Waals surface area contributed by atoms with Crippen LogP contribution in [0.2, 0.25) is 0 Å². The van der Waals surface area contributed by atoms with E-state index in [9.17, 15) is 4.20 Å². The first-order valence-electron chi connectivity index (χ1n) is 0.717. The average molecular weight is 172 g/mol. The van der Waals surface area contributed by atoms with Crippen LogP contribution < -0.4 is 39.3 Å². The second-order valence-electron chi connectivity index (χ2n) is 0.431. The van der Waals surface area contributed by atoms with Crippen LogP contribution in [0.5, 0.6) is 0 Å². The van der Waals surface area contributed by atoms with Crippen LogP contribution in [-0.4, -0.2) is 0 Å². The van der Waals surface area contributed by atoms with Crippen molar-refractivity contribution in [2.45, 2.75) is 0 Å². The predicted octanol–water partition coefficient (Wildman–Crippen LogP) is -4.21. The van der Waals surface area contributed by atoms with Gasteiger partial charge < -0.3 is 14.4 Å². The summed E-state index contributed by atoms with van der Waals surface area (Å²) in [5.74, 6) is 0. The minimum atomic E-state index is -5.64. The summed E-state index contributed by atoms with van der Waals surface area (Å²) >= 11 is 0. The van der Waals surface area contributed by atoms with Crippen LogP contribution in [0.1, 0.15) is 0 Å². The van der Waals surface area contributed by atoms with Crippen molar-refractivity contribution in [3.05, 3.63) is 0 Å². The van der Waals surface area contributed by atoms with Crippen LogP contribution in [0.3, 0.4) is 0 Å². The molecule has 0 aromatic heterocycles. The van der Waals surface area contributed by atoms with Gasteiger partial charge in [-0.15, -0.1) is 0 Å². The first-order valence-corrected chi connectivity index (χ1v) is 2.15. The zero-order chi connectivity index (χ0) is 4.50. The summed E-state index contributed by atoms with van der Waals surface area (Å²) in [7, 11) is -5.64. The maximum Gasteiger partial charge on any atom is 1.00 e. The summed E-state index contributed by atoms with van der Waals surface area (Å²) < 4.78 is 18.6. The molecule has 0 aromatic rings. The molecule has 0 atom stereocenters. The Morgan fingerprint density at radius 1 is 1.43 bits per heavy atom. The molecule has 7 heteroatoms. The van der Waals surface area contributed by atoms with E-state index in [0.717, 1.165) is 0 Å². The van der Waals surface area contributed by atoms with Gasteiger partial charge in [-0.2, -0.15) is 0 Å². The fourth-order valence-electron chi connectivity index (χ4n) is 0. The second-order valence-corrected chi connectivity index (χ2v) is 1.29. The Morgan fingerprint density at radius 2 is 1.43 bits per heavy atom. The van der Waals surface area contributed by atoms with Gasteiger partial charge in [0.25, 0.3) is 0 Å². The van der Waals surface area contributed by atoms with Crippen molar-refractivity contribution in [3.63, 3.8) is 0 Å². The predicted molar refractivity (Wildman–Crippen MR) is 8.71 cm³/mol. The molecule has 3 nitrogen and oxygen atoms in total. The third-order valence-corrected chi connectivity index (χ3v) is 0. The largest absolute Gasteiger partial charge is 1.00 e. The van der Waals surface area contributed by atoms with E-state index in [2.05, 4.69) is 0 Å². The molecule has 37 valence electrons. The minimum Gasteiger partial charge on any atom is -0.786 e. The van der Waals surface area contributed by atoms with E-state index in [4.69, 9.17) is 14.4 Å². The quantitative estimate of drug-likeness (QED) is 0.275. The van der Waals surface area contributed by atoms with E-state index >= 15 is 0 Å². The van der Waals surface area contributed by atoms with Crippen LogP contribution in [0.25, 0.3) is 0 Å². The third-order valence-electron chi connectivity index (χ3n) is 0. The van der Waals surface area contributed by atoms with E-state index in [1.54, 1.807) is 0 Å². The summed E-state index contributed by atoms with van der Waals surface area (Å²) in [5, 5.41) is 0. The molecule has 0 aliphatic rings. The Labute approximate surface area is 74.1 Å². The fourth-order valence-corrected chi connectivity index (χ4v) is 0. The van der Waals surface area contributed by atoms with Crippen molar-refractivity contribution >= 4 is 7.91 Å². The van der Waals surface area contributed by atoms with Crippen molar-refractivity contribution in [2.75, 3.05) is 0 Å². The smallest absolute Gasteiger partial charge is 0.786 e. The molecule has 0 amide bonds. The Bertz CT molecular complexity index is 61.1. The van der Waals surface area contributed by atoms with Gasteiger partial charge in [0, 0.05) is 18.6 Å². The monoisotopic (exact) mass is 172 g/mol. The Hall–Kier alpha value is 1.66. The first kappa shape index (κ1) is 15.9. The summed E-state index contributed by atoms with van der Waals surface area (Å²) in [6.07, 6.45) is 0. The molecule has 0 heterocycles. The van der Waals surface area contributed by atoms with E-state index in [1.807, 2.05) is 0 Å². The molecule has 0 spiro atoms. The van der Waals surface area contributed by atoms with Crippen LogP contribution >= 0.6 is 7.91 Å². The summed E-state index contributed by atoms with van der Waals surface area (Å²) in [6.45, 7) is 0. The van der Waals surface area contributed by atoms with Crippen molar-refractivity contribution in [1.29, 1.82) is 0 Å². The van der Waals surface area contributed by atoms with Crippen LogP contribution in [0.4, 0.5) is 4.20 Å². The normalized spacial score (nSPS) is 8.43. The molecule has 0 unspecified atom stereocenters. The van der Waals surface area contributed by atoms with Crippen molar-refractivity contribution in [1.82, 2.24) is 0 Å². The number of hydrogen-bond donors (Lipinski definition) is 0. The molecule has 0 rings (SSSR count). The molecule has 0 saturated carbocycles. The molecule has 0 saturated heterocycles. The zero-order valence-corrected chi connectivity index (χ0v) is 7.79. The SMILES string of the molecule is O=P([O-])([O-])F.[Na+].[V]. The first-order chi connectivity index (χ1) is 2.00. The van der Waals surface area contributed by atoms with Crippen LogP contribution in [0.15, 0.2) is 0 Å². The van der Waals surface area contributed by atoms with Gasteiger partial charge in [0.1, 0.15) is 7.91 Å². The standard InChI is InChI=1S/FH2O3P.Na.V/c1-5(2,3)4;;/h(H2,2,3,4);;/q;+1;/p-2. The van der Waals surface area contributed by atoms with Gasteiger partial charge in [-0.1, -0.05) is 0 Å². The van der Waals surface area contributed by atoms with Gasteiger partial charge in [0.05, 0.1) is 0 Å².